The largest absolute Gasteiger partial charge is 0.325 e. The van der Waals surface area contributed by atoms with Crippen molar-refractivity contribution >= 4 is 23.4 Å². The van der Waals surface area contributed by atoms with Gasteiger partial charge in [-0.15, -0.1) is 5.10 Å². The third-order valence-electron chi connectivity index (χ3n) is 3.08. The minimum atomic E-state index is -0.494. The molecule has 0 bridgehead atoms. The molecule has 0 aliphatic heterocycles. The smallest absolute Gasteiger partial charge is 0.242 e. The van der Waals surface area contributed by atoms with E-state index >= 15 is 0 Å². The minimum Gasteiger partial charge on any atom is -0.325 e. The van der Waals surface area contributed by atoms with Crippen LogP contribution in [0.15, 0.2) is 65.8 Å². The number of anilines is 1. The number of aromatic amines is 1. The van der Waals surface area contributed by atoms with Crippen LogP contribution < -0.4 is 5.32 Å². The second kappa shape index (κ2) is 7.06. The molecular formula is C16H13FN4OS. The van der Waals surface area contributed by atoms with Crippen molar-refractivity contribution in [1.82, 2.24) is 15.4 Å². The van der Waals surface area contributed by atoms with Gasteiger partial charge < -0.3 is 5.32 Å². The van der Waals surface area contributed by atoms with E-state index in [2.05, 4.69) is 20.7 Å². The second-order valence-electron chi connectivity index (χ2n) is 4.71. The summed E-state index contributed by atoms with van der Waals surface area (Å²) >= 11 is 1.29. The summed E-state index contributed by atoms with van der Waals surface area (Å²) in [4.78, 5) is 12.6. The van der Waals surface area contributed by atoms with Crippen molar-refractivity contribution in [3.05, 3.63) is 72.2 Å². The van der Waals surface area contributed by atoms with Crippen LogP contribution in [0.25, 0.3) is 0 Å². The van der Waals surface area contributed by atoms with Crippen molar-refractivity contribution in [3.8, 4) is 0 Å². The summed E-state index contributed by atoms with van der Waals surface area (Å²) in [6.07, 6.45) is 1.56. The Morgan fingerprint density at radius 1 is 1.13 bits per heavy atom. The first kappa shape index (κ1) is 15.2. The van der Waals surface area contributed by atoms with Crippen molar-refractivity contribution in [2.75, 3.05) is 5.32 Å². The Kier molecular flexibility index (Phi) is 4.68. The fraction of sp³-hybridized carbons (Fsp3) is 0.0625. The van der Waals surface area contributed by atoms with Gasteiger partial charge in [0.2, 0.25) is 5.91 Å². The molecule has 5 nitrogen and oxygen atoms in total. The quantitative estimate of drug-likeness (QED) is 0.704. The zero-order chi connectivity index (χ0) is 16.1. The second-order valence-corrected chi connectivity index (χ2v) is 5.84. The first-order valence-corrected chi connectivity index (χ1v) is 7.74. The van der Waals surface area contributed by atoms with Gasteiger partial charge in [0, 0.05) is 5.69 Å². The Balaban J connectivity index is 1.82. The molecule has 0 aliphatic carbocycles. The van der Waals surface area contributed by atoms with Gasteiger partial charge in [-0.1, -0.05) is 42.1 Å². The summed E-state index contributed by atoms with van der Waals surface area (Å²) in [5, 5.41) is 13.2. The number of hydrogen-bond acceptors (Lipinski definition) is 4. The van der Waals surface area contributed by atoms with Crippen molar-refractivity contribution in [2.24, 2.45) is 0 Å². The Morgan fingerprint density at radius 3 is 2.52 bits per heavy atom. The molecule has 0 fully saturated rings. The lowest BCUT2D eigenvalue weighted by Crippen LogP contribution is -2.19. The highest BCUT2D eigenvalue weighted by atomic mass is 32.2. The topological polar surface area (TPSA) is 70.7 Å². The highest BCUT2D eigenvalue weighted by Gasteiger charge is 2.23. The molecule has 1 aromatic heterocycles. The molecule has 0 saturated heterocycles. The van der Waals surface area contributed by atoms with Crippen molar-refractivity contribution in [1.29, 1.82) is 0 Å². The average molecular weight is 328 g/mol. The van der Waals surface area contributed by atoms with Gasteiger partial charge >= 0.3 is 0 Å². The van der Waals surface area contributed by atoms with Crippen LogP contribution in [0.4, 0.5) is 10.1 Å². The average Bonchev–Trinajstić information content (AvgIpc) is 3.09. The van der Waals surface area contributed by atoms with E-state index in [4.69, 9.17) is 0 Å². The maximum Gasteiger partial charge on any atom is 0.242 e. The Hall–Kier alpha value is -2.67. The number of carbonyl (C=O) groups excluding carboxylic acids is 1. The van der Waals surface area contributed by atoms with E-state index < -0.39 is 5.25 Å². The Bertz CT molecular complexity index is 763. The zero-order valence-electron chi connectivity index (χ0n) is 11.9. The Labute approximate surface area is 136 Å². The molecule has 1 heterocycles. The molecule has 7 heteroatoms. The third-order valence-corrected chi connectivity index (χ3v) is 4.24. The first-order valence-electron chi connectivity index (χ1n) is 6.86. The lowest BCUT2D eigenvalue weighted by molar-refractivity contribution is -0.115. The molecule has 1 atom stereocenters. The summed E-state index contributed by atoms with van der Waals surface area (Å²) < 4.78 is 13.0. The maximum absolute atomic E-state index is 13.0. The first-order chi connectivity index (χ1) is 11.2. The normalized spacial score (nSPS) is 11.9. The van der Waals surface area contributed by atoms with Gasteiger partial charge in [-0.05, 0) is 29.8 Å². The van der Waals surface area contributed by atoms with E-state index in [9.17, 15) is 9.18 Å². The lowest BCUT2D eigenvalue weighted by Gasteiger charge is -2.15. The standard InChI is InChI=1S/C16H13FN4OS/c17-12-6-8-13(9-7-12)19-16(22)15(11-4-2-1-3-5-11)23-14-10-18-21-20-14/h1-10,15H,(H,19,22)(H,18,20,21)/t15-/m0/s1. The Morgan fingerprint density at radius 2 is 1.87 bits per heavy atom. The van der Waals surface area contributed by atoms with Gasteiger partial charge in [-0.3, -0.25) is 4.79 Å². The molecule has 1 amide bonds. The fourth-order valence-electron chi connectivity index (χ4n) is 2.01. The molecule has 0 aliphatic rings. The molecule has 23 heavy (non-hydrogen) atoms. The molecule has 2 aromatic carbocycles. The number of nitrogens with one attached hydrogen (secondary N) is 2. The summed E-state index contributed by atoms with van der Waals surface area (Å²) in [6, 6.07) is 15.0. The summed E-state index contributed by atoms with van der Waals surface area (Å²) in [5.41, 5.74) is 1.39. The van der Waals surface area contributed by atoms with Crippen LogP contribution in [0.1, 0.15) is 10.8 Å². The summed E-state index contributed by atoms with van der Waals surface area (Å²) in [7, 11) is 0. The molecule has 0 saturated carbocycles. The van der Waals surface area contributed by atoms with Gasteiger partial charge in [0.25, 0.3) is 0 Å². The number of H-pyrrole nitrogens is 1. The molecule has 116 valence electrons. The van der Waals surface area contributed by atoms with E-state index in [-0.39, 0.29) is 11.7 Å². The van der Waals surface area contributed by atoms with E-state index in [1.54, 1.807) is 6.20 Å². The van der Waals surface area contributed by atoms with Crippen LogP contribution in [0.3, 0.4) is 0 Å². The minimum absolute atomic E-state index is 0.212. The predicted octanol–water partition coefficient (Wildman–Crippen LogP) is 3.42. The number of thioether (sulfide) groups is 1. The summed E-state index contributed by atoms with van der Waals surface area (Å²) in [6.45, 7) is 0. The highest BCUT2D eigenvalue weighted by molar-refractivity contribution is 8.00. The van der Waals surface area contributed by atoms with E-state index in [0.29, 0.717) is 10.7 Å². The van der Waals surface area contributed by atoms with Gasteiger partial charge in [0.15, 0.2) is 0 Å². The number of carbonyl (C=O) groups is 1. The van der Waals surface area contributed by atoms with Crippen LogP contribution in [-0.2, 0) is 4.79 Å². The number of nitrogens with zero attached hydrogens (tertiary/aromatic N) is 2. The van der Waals surface area contributed by atoms with Crippen LogP contribution in [0, 0.1) is 5.82 Å². The van der Waals surface area contributed by atoms with E-state index in [1.807, 2.05) is 30.3 Å². The van der Waals surface area contributed by atoms with Crippen molar-refractivity contribution in [2.45, 2.75) is 10.3 Å². The SMILES string of the molecule is O=C(Nc1ccc(F)cc1)[C@@H](Sc1cn[nH]n1)c1ccccc1. The number of halogens is 1. The van der Waals surface area contributed by atoms with Crippen LogP contribution >= 0.6 is 11.8 Å². The van der Waals surface area contributed by atoms with Crippen LogP contribution in [0.5, 0.6) is 0 Å². The molecule has 3 aromatic rings. The number of hydrogen-bond donors (Lipinski definition) is 2. The predicted molar refractivity (Wildman–Crippen MR) is 86.5 cm³/mol. The number of amides is 1. The molecule has 0 radical (unpaired) electrons. The molecular weight excluding hydrogens is 315 g/mol. The van der Waals surface area contributed by atoms with Gasteiger partial charge in [-0.25, -0.2) is 4.39 Å². The van der Waals surface area contributed by atoms with Crippen LogP contribution in [-0.4, -0.2) is 21.3 Å². The van der Waals surface area contributed by atoms with Crippen LogP contribution in [0.2, 0.25) is 0 Å². The number of benzene rings is 2. The number of rotatable bonds is 5. The van der Waals surface area contributed by atoms with Gasteiger partial charge in [-0.2, -0.15) is 10.3 Å². The highest BCUT2D eigenvalue weighted by Crippen LogP contribution is 2.34. The van der Waals surface area contributed by atoms with Gasteiger partial charge in [0.05, 0.1) is 6.20 Å². The van der Waals surface area contributed by atoms with Crippen molar-refractivity contribution < 1.29 is 9.18 Å². The third kappa shape index (κ3) is 3.95. The lowest BCUT2D eigenvalue weighted by atomic mass is 10.1. The van der Waals surface area contributed by atoms with E-state index in [0.717, 1.165) is 5.56 Å². The molecule has 3 rings (SSSR count). The molecule has 2 N–H and O–H groups in total. The monoisotopic (exact) mass is 328 g/mol. The molecule has 0 unspecified atom stereocenters. The van der Waals surface area contributed by atoms with Crippen molar-refractivity contribution in [3.63, 3.8) is 0 Å². The summed E-state index contributed by atoms with van der Waals surface area (Å²) in [5.74, 6) is -0.560. The maximum atomic E-state index is 13.0. The molecule has 0 spiro atoms. The van der Waals surface area contributed by atoms with E-state index in [1.165, 1.54) is 36.0 Å². The number of aromatic nitrogens is 3. The fourth-order valence-corrected chi connectivity index (χ4v) is 2.92. The zero-order valence-corrected chi connectivity index (χ0v) is 12.8. The van der Waals surface area contributed by atoms with Gasteiger partial charge in [0.1, 0.15) is 16.1 Å².